The number of carbonyl (C=O) groups is 2. The van der Waals surface area contributed by atoms with Gasteiger partial charge in [-0.15, -0.1) is 0 Å². The minimum absolute atomic E-state index is 0.0156. The summed E-state index contributed by atoms with van der Waals surface area (Å²) in [5, 5.41) is 35.2. The Bertz CT molecular complexity index is 1290. The second kappa shape index (κ2) is 9.21. The molecule has 216 valence electrons. The Hall–Kier alpha value is -3.62. The van der Waals surface area contributed by atoms with Gasteiger partial charge in [-0.25, -0.2) is 9.98 Å². The summed E-state index contributed by atoms with van der Waals surface area (Å²) >= 11 is 0. The molecule has 2 fully saturated rings. The minimum Gasteiger partial charge on any atom is -0.492 e. The number of hydrogen-bond donors (Lipinski definition) is 8. The van der Waals surface area contributed by atoms with Gasteiger partial charge in [-0.05, 0) is 30.9 Å². The van der Waals surface area contributed by atoms with Crippen LogP contribution in [-0.4, -0.2) is 101 Å². The summed E-state index contributed by atoms with van der Waals surface area (Å²) in [5.41, 5.74) is 11.8. The van der Waals surface area contributed by atoms with Crippen LogP contribution in [0.3, 0.4) is 0 Å². The molecule has 6 rings (SSSR count). The monoisotopic (exact) mass is 555 g/mol. The normalized spacial score (nSPS) is 33.0. The number of rotatable bonds is 5. The van der Waals surface area contributed by atoms with Crippen LogP contribution in [0.25, 0.3) is 0 Å². The van der Waals surface area contributed by atoms with E-state index in [0.29, 0.717) is 24.5 Å². The van der Waals surface area contributed by atoms with E-state index in [9.17, 15) is 19.8 Å². The van der Waals surface area contributed by atoms with Gasteiger partial charge in [-0.2, -0.15) is 0 Å². The Kier molecular flexibility index (Phi) is 6.12. The van der Waals surface area contributed by atoms with Crippen LogP contribution in [0.4, 0.5) is 0 Å². The van der Waals surface area contributed by atoms with Crippen molar-refractivity contribution in [1.29, 1.82) is 0 Å². The van der Waals surface area contributed by atoms with Gasteiger partial charge in [-0.1, -0.05) is 26.0 Å². The second-order valence-corrected chi connectivity index (χ2v) is 11.9. The number of fused-ring (bicyclic) bond motifs is 1. The van der Waals surface area contributed by atoms with E-state index in [4.69, 9.17) is 16.2 Å². The molecule has 5 aliphatic rings. The van der Waals surface area contributed by atoms with Gasteiger partial charge in [0.15, 0.2) is 17.6 Å². The number of nitrogens with two attached hydrogens (primary N) is 2. The first-order chi connectivity index (χ1) is 19.0. The molecule has 10 N–H and O–H groups in total. The third-order valence-corrected chi connectivity index (χ3v) is 8.99. The fourth-order valence-electron chi connectivity index (χ4n) is 6.66. The molecule has 0 saturated carbocycles. The summed E-state index contributed by atoms with van der Waals surface area (Å²) < 4.78 is 5.90. The molecule has 1 aromatic rings. The Labute approximate surface area is 231 Å². The van der Waals surface area contributed by atoms with Gasteiger partial charge in [0.25, 0.3) is 5.91 Å². The molecule has 14 nitrogen and oxygen atoms in total. The Morgan fingerprint density at radius 1 is 1.25 bits per heavy atom. The molecule has 5 aliphatic heterocycles. The molecule has 1 spiro atoms. The van der Waals surface area contributed by atoms with Crippen LogP contribution in [-0.2, 0) is 10.2 Å². The quantitative estimate of drug-likeness (QED) is 0.175. The molecule has 0 unspecified atom stereocenters. The zero-order valence-corrected chi connectivity index (χ0v) is 22.6. The highest BCUT2D eigenvalue weighted by atomic mass is 16.5. The van der Waals surface area contributed by atoms with Crippen LogP contribution in [0.5, 0.6) is 5.75 Å². The molecule has 5 heterocycles. The van der Waals surface area contributed by atoms with Crippen LogP contribution in [0.15, 0.2) is 28.2 Å². The maximum atomic E-state index is 13.6. The molecule has 5 atom stereocenters. The summed E-state index contributed by atoms with van der Waals surface area (Å²) in [7, 11) is 0. The van der Waals surface area contributed by atoms with E-state index >= 15 is 0 Å². The first kappa shape index (κ1) is 26.6. The van der Waals surface area contributed by atoms with Crippen molar-refractivity contribution >= 4 is 23.7 Å². The SMILES string of the molecule is CC1(C)CCOc2c(C(=O)N[C@H]3CN4C(N)=N[C@@H](CNC(=O)[C@@H]5CCNC5)[C@@H]5N=C(N)N[C@@]54C3(O)O)cccc21. The lowest BCUT2D eigenvalue weighted by Crippen LogP contribution is -2.78. The molecule has 1 aromatic carbocycles. The number of carbonyl (C=O) groups excluding carboxylic acids is 2. The van der Waals surface area contributed by atoms with Gasteiger partial charge in [0.05, 0.1) is 24.1 Å². The number of ether oxygens (including phenoxy) is 1. The van der Waals surface area contributed by atoms with E-state index in [0.717, 1.165) is 24.9 Å². The Morgan fingerprint density at radius 3 is 2.80 bits per heavy atom. The number of benzene rings is 1. The van der Waals surface area contributed by atoms with E-state index in [2.05, 4.69) is 45.1 Å². The van der Waals surface area contributed by atoms with E-state index in [1.54, 1.807) is 12.1 Å². The molecule has 40 heavy (non-hydrogen) atoms. The van der Waals surface area contributed by atoms with Crippen molar-refractivity contribution in [3.63, 3.8) is 0 Å². The van der Waals surface area contributed by atoms with E-state index in [1.807, 2.05) is 6.07 Å². The lowest BCUT2D eigenvalue weighted by Gasteiger charge is -2.49. The number of hydrogen-bond acceptors (Lipinski definition) is 12. The van der Waals surface area contributed by atoms with Crippen molar-refractivity contribution in [2.75, 3.05) is 32.8 Å². The predicted octanol–water partition coefficient (Wildman–Crippen LogP) is -2.75. The molecule has 0 bridgehead atoms. The highest BCUT2D eigenvalue weighted by molar-refractivity contribution is 5.98. The number of amides is 2. The lowest BCUT2D eigenvalue weighted by atomic mass is 9.79. The lowest BCUT2D eigenvalue weighted by molar-refractivity contribution is -0.230. The first-order valence-corrected chi connectivity index (χ1v) is 13.7. The standard InChI is InChI=1S/C26H37N9O5/c1-24(2)7-9-40-18-14(4-3-5-15(18)24)21(37)32-17-12-35-23(28)31-16(11-30-20(36)13-6-8-29-10-13)19-25(35,26(17,38)39)34-22(27)33-19/h3-5,13,16-17,19,29,38-39H,6-12H2,1-2H3,(H2,28,31)(H,30,36)(H,32,37)(H3,27,33,34)/t13-,16+,17+,19+,25+/m1/s1. The maximum Gasteiger partial charge on any atom is 0.255 e. The van der Waals surface area contributed by atoms with Crippen molar-refractivity contribution in [3.05, 3.63) is 29.3 Å². The molecule has 0 aromatic heterocycles. The average molecular weight is 556 g/mol. The summed E-state index contributed by atoms with van der Waals surface area (Å²) in [6.45, 7) is 6.04. The molecule has 14 heteroatoms. The van der Waals surface area contributed by atoms with Gasteiger partial charge >= 0.3 is 0 Å². The third kappa shape index (κ3) is 3.88. The fraction of sp³-hybridized carbons (Fsp3) is 0.615. The second-order valence-electron chi connectivity index (χ2n) is 11.9. The summed E-state index contributed by atoms with van der Waals surface area (Å²) in [6.07, 6.45) is 1.55. The predicted molar refractivity (Wildman–Crippen MR) is 145 cm³/mol. The highest BCUT2D eigenvalue weighted by Crippen LogP contribution is 2.45. The summed E-state index contributed by atoms with van der Waals surface area (Å²) in [6, 6.07) is 2.55. The topological polar surface area (TPSA) is 212 Å². The number of para-hydroxylation sites is 1. The van der Waals surface area contributed by atoms with Crippen LogP contribution < -0.4 is 37.5 Å². The molecule has 0 aliphatic carbocycles. The van der Waals surface area contributed by atoms with E-state index < -0.39 is 35.5 Å². The fourth-order valence-corrected chi connectivity index (χ4v) is 6.66. The van der Waals surface area contributed by atoms with Crippen LogP contribution >= 0.6 is 0 Å². The van der Waals surface area contributed by atoms with E-state index in [1.165, 1.54) is 4.90 Å². The number of aliphatic hydroxyl groups is 2. The molecular formula is C26H37N9O5. The van der Waals surface area contributed by atoms with Gasteiger partial charge in [0.2, 0.25) is 11.7 Å². The smallest absolute Gasteiger partial charge is 0.255 e. The third-order valence-electron chi connectivity index (χ3n) is 8.99. The molecule has 2 amide bonds. The molecular weight excluding hydrogens is 518 g/mol. The van der Waals surface area contributed by atoms with Crippen molar-refractivity contribution in [2.24, 2.45) is 27.4 Å². The minimum atomic E-state index is -2.58. The number of guanidine groups is 2. The van der Waals surface area contributed by atoms with Gasteiger partial charge < -0.3 is 52.6 Å². The first-order valence-electron chi connectivity index (χ1n) is 13.7. The Balaban J connectivity index is 1.26. The Morgan fingerprint density at radius 2 is 2.05 bits per heavy atom. The van der Waals surface area contributed by atoms with Crippen molar-refractivity contribution in [1.82, 2.24) is 26.2 Å². The van der Waals surface area contributed by atoms with Crippen LogP contribution in [0.2, 0.25) is 0 Å². The van der Waals surface area contributed by atoms with Crippen LogP contribution in [0.1, 0.15) is 42.6 Å². The zero-order chi connectivity index (χ0) is 28.4. The maximum absolute atomic E-state index is 13.6. The van der Waals surface area contributed by atoms with Gasteiger partial charge in [0, 0.05) is 25.2 Å². The number of nitrogens with one attached hydrogen (secondary N) is 4. The van der Waals surface area contributed by atoms with Gasteiger partial charge in [0.1, 0.15) is 17.8 Å². The van der Waals surface area contributed by atoms with Crippen molar-refractivity contribution < 1.29 is 24.5 Å². The summed E-state index contributed by atoms with van der Waals surface area (Å²) in [4.78, 5) is 36.7. The van der Waals surface area contributed by atoms with E-state index in [-0.39, 0.29) is 42.2 Å². The summed E-state index contributed by atoms with van der Waals surface area (Å²) in [5.74, 6) is -2.88. The van der Waals surface area contributed by atoms with Gasteiger partial charge in [-0.3, -0.25) is 9.59 Å². The number of aliphatic imine (C=N–C) groups is 2. The van der Waals surface area contributed by atoms with Crippen LogP contribution in [0, 0.1) is 5.92 Å². The van der Waals surface area contributed by atoms with Crippen molar-refractivity contribution in [2.45, 2.75) is 61.7 Å². The molecule has 0 radical (unpaired) electrons. The number of nitrogens with zero attached hydrogens (tertiary/aromatic N) is 3. The average Bonchev–Trinajstić information content (AvgIpc) is 3.61. The zero-order valence-electron chi connectivity index (χ0n) is 22.6. The largest absolute Gasteiger partial charge is 0.492 e. The highest BCUT2D eigenvalue weighted by Gasteiger charge is 2.73. The van der Waals surface area contributed by atoms with Crippen molar-refractivity contribution in [3.8, 4) is 5.75 Å². The molecule has 2 saturated heterocycles.